The van der Waals surface area contributed by atoms with Gasteiger partial charge in [0.15, 0.2) is 21.2 Å². The molecule has 2 aliphatic rings. The number of halogens is 1. The largest absolute Gasteiger partial charge is 0.401 e. The Bertz CT molecular complexity index is 339. The zero-order valence-corrected chi connectivity index (χ0v) is 14.1. The quantitative estimate of drug-likeness (QED) is 0.246. The van der Waals surface area contributed by atoms with E-state index in [0.717, 1.165) is 44.6 Å². The van der Waals surface area contributed by atoms with Crippen molar-refractivity contribution in [2.45, 2.75) is 49.0 Å². The van der Waals surface area contributed by atoms with Crippen molar-refractivity contribution in [3.8, 4) is 0 Å². The van der Waals surface area contributed by atoms with Crippen molar-refractivity contribution in [2.75, 3.05) is 13.2 Å². The second kappa shape index (κ2) is 8.29. The summed E-state index contributed by atoms with van der Waals surface area (Å²) >= 11 is -1.18. The summed E-state index contributed by atoms with van der Waals surface area (Å²) in [6.45, 7) is 1.50. The lowest BCUT2D eigenvalue weighted by Gasteiger charge is -2.32. The van der Waals surface area contributed by atoms with Gasteiger partial charge in [0, 0.05) is 25.1 Å². The van der Waals surface area contributed by atoms with E-state index in [1.807, 2.05) is 6.20 Å². The molecule has 2 fully saturated rings. The van der Waals surface area contributed by atoms with Gasteiger partial charge in [-0.25, -0.2) is 5.84 Å². The van der Waals surface area contributed by atoms with Gasteiger partial charge in [0.2, 0.25) is 0 Å². The minimum Gasteiger partial charge on any atom is -0.401 e. The van der Waals surface area contributed by atoms with Crippen LogP contribution in [0.4, 0.5) is 0 Å². The molecule has 2 rings (SSSR count). The van der Waals surface area contributed by atoms with Crippen molar-refractivity contribution in [3.63, 3.8) is 0 Å². The molecule has 1 unspecified atom stereocenters. The number of hydrogen-bond donors (Lipinski definition) is 2. The number of ether oxygens (including phenoxy) is 1. The molecule has 1 saturated carbocycles. The number of nitrogens with zero attached hydrogens (tertiary/aromatic N) is 1. The van der Waals surface area contributed by atoms with Gasteiger partial charge in [-0.15, -0.1) is 0 Å². The van der Waals surface area contributed by atoms with E-state index in [-0.39, 0.29) is 4.05 Å². The molecule has 1 saturated heterocycles. The lowest BCUT2D eigenvalue weighted by Crippen LogP contribution is -2.41. The lowest BCUT2D eigenvalue weighted by atomic mass is 9.87. The van der Waals surface area contributed by atoms with Crippen LogP contribution in [0.15, 0.2) is 11.9 Å². The van der Waals surface area contributed by atoms with Gasteiger partial charge in [-0.1, -0.05) is 19.3 Å². The third-order valence-corrected chi connectivity index (χ3v) is 6.59. The van der Waals surface area contributed by atoms with Gasteiger partial charge in [-0.2, -0.15) is 0 Å². The molecule has 116 valence electrons. The first-order valence-electron chi connectivity index (χ1n) is 7.56. The van der Waals surface area contributed by atoms with Crippen LogP contribution in [-0.2, 0) is 7.81 Å². The molecule has 0 radical (unpaired) electrons. The van der Waals surface area contributed by atoms with E-state index in [4.69, 9.17) is 16.3 Å². The molecule has 1 aliphatic heterocycles. The van der Waals surface area contributed by atoms with Crippen LogP contribution >= 0.6 is 21.2 Å². The fourth-order valence-electron chi connectivity index (χ4n) is 3.14. The van der Waals surface area contributed by atoms with E-state index in [0.29, 0.717) is 11.8 Å². The van der Waals surface area contributed by atoms with Crippen LogP contribution in [-0.4, -0.2) is 22.3 Å². The number of rotatable bonds is 5. The maximum absolute atomic E-state index is 11.6. The van der Waals surface area contributed by atoms with Crippen molar-refractivity contribution in [1.29, 1.82) is 0 Å². The Balaban J connectivity index is 1.96. The Labute approximate surface area is 131 Å². The zero-order valence-electron chi connectivity index (χ0n) is 12.0. The summed E-state index contributed by atoms with van der Waals surface area (Å²) in [6.07, 6.45) is 9.86. The molecule has 0 aromatic rings. The molecule has 1 heterocycles. The van der Waals surface area contributed by atoms with E-state index < -0.39 is 21.2 Å². The summed E-state index contributed by atoms with van der Waals surface area (Å²) in [7, 11) is 0. The predicted octanol–water partition coefficient (Wildman–Crippen LogP) is 2.61. The minimum atomic E-state index is -1.18. The second-order valence-corrected chi connectivity index (χ2v) is 7.61. The van der Waals surface area contributed by atoms with Gasteiger partial charge < -0.3 is 15.5 Å². The topological polar surface area (TPSA) is 81.6 Å². The van der Waals surface area contributed by atoms with Gasteiger partial charge in [0.05, 0.1) is 0 Å². The van der Waals surface area contributed by atoms with Crippen molar-refractivity contribution in [3.05, 3.63) is 11.9 Å². The molecule has 4 N–H and O–H groups in total. The molecule has 1 atom stereocenters. The highest BCUT2D eigenvalue weighted by Gasteiger charge is 2.28. The van der Waals surface area contributed by atoms with E-state index >= 15 is 0 Å². The number of hydrazine groups is 1. The van der Waals surface area contributed by atoms with Gasteiger partial charge in [0.25, 0.3) is 0 Å². The fraction of sp³-hybridized carbons (Fsp3) is 0.857. The Hall–Kier alpha value is -0.210. The van der Waals surface area contributed by atoms with Crippen LogP contribution in [0.25, 0.3) is 0 Å². The first kappa shape index (κ1) is 16.2. The smallest absolute Gasteiger partial charge is 0.171 e. The first-order chi connectivity index (χ1) is 9.72. The fourth-order valence-corrected chi connectivity index (χ4v) is 4.70. The molecule has 0 aromatic heterocycles. The van der Waals surface area contributed by atoms with Gasteiger partial charge >= 0.3 is 0 Å². The van der Waals surface area contributed by atoms with Crippen LogP contribution in [0.5, 0.6) is 0 Å². The average molecular weight is 395 g/mol. The number of allylic oxidation sites excluding steroid dienone is 1. The van der Waals surface area contributed by atoms with Crippen molar-refractivity contribution in [1.82, 2.24) is 5.01 Å². The number of alkyl halides is 1. The van der Waals surface area contributed by atoms with Gasteiger partial charge in [-0.3, -0.25) is 3.07 Å². The van der Waals surface area contributed by atoms with Crippen LogP contribution in [0.2, 0.25) is 0 Å². The zero-order chi connectivity index (χ0) is 14.4. The lowest BCUT2D eigenvalue weighted by molar-refractivity contribution is 0.0546. The maximum atomic E-state index is 11.6. The monoisotopic (exact) mass is 395 g/mol. The Morgan fingerprint density at radius 2 is 1.85 bits per heavy atom. The number of nitrogens with two attached hydrogens (primary N) is 2. The summed E-state index contributed by atoms with van der Waals surface area (Å²) in [5.74, 6) is 6.95. The Morgan fingerprint density at radius 3 is 2.45 bits per heavy atom. The van der Waals surface area contributed by atoms with E-state index in [1.54, 1.807) is 5.01 Å². The highest BCUT2D eigenvalue weighted by atomic mass is 127. The molecular weight excluding hydrogens is 369 g/mol. The van der Waals surface area contributed by atoms with Crippen LogP contribution in [0.1, 0.15) is 44.9 Å². The van der Waals surface area contributed by atoms with E-state index in [2.05, 4.69) is 0 Å². The highest BCUT2D eigenvalue weighted by Crippen LogP contribution is 2.31. The Morgan fingerprint density at radius 1 is 1.20 bits per heavy atom. The standard InChI is InChI=1S/C14H26IN3O2/c16-13(11-4-2-1-3-5-11)10-18(17)14(15-19)12-6-8-20-9-7-12/h10-12,14H,1-9,16-17H2/b13-10-. The molecule has 6 heteroatoms. The van der Waals surface area contributed by atoms with Gasteiger partial charge in [0.1, 0.15) is 4.05 Å². The minimum absolute atomic E-state index is 0.0557. The van der Waals surface area contributed by atoms with Crippen molar-refractivity contribution in [2.24, 2.45) is 23.4 Å². The SMILES string of the molecule is N/C(=C\N(N)C(I=O)C1CCOCC1)C1CCCCC1. The molecule has 0 amide bonds. The molecule has 0 aromatic carbocycles. The summed E-state index contributed by atoms with van der Waals surface area (Å²) in [5.41, 5.74) is 7.06. The third kappa shape index (κ3) is 4.39. The predicted molar refractivity (Wildman–Crippen MR) is 86.9 cm³/mol. The molecule has 0 bridgehead atoms. The van der Waals surface area contributed by atoms with Gasteiger partial charge in [-0.05, 0) is 37.5 Å². The van der Waals surface area contributed by atoms with Crippen molar-refractivity contribution >= 4 is 21.2 Å². The van der Waals surface area contributed by atoms with Crippen LogP contribution < -0.4 is 11.6 Å². The molecule has 1 aliphatic carbocycles. The second-order valence-electron chi connectivity index (χ2n) is 5.82. The first-order valence-corrected chi connectivity index (χ1v) is 9.68. The van der Waals surface area contributed by atoms with E-state index in [1.165, 1.54) is 19.3 Å². The number of hydrogen-bond acceptors (Lipinski definition) is 5. The van der Waals surface area contributed by atoms with E-state index in [9.17, 15) is 3.07 Å². The molecule has 0 spiro atoms. The van der Waals surface area contributed by atoms with Crippen LogP contribution in [0.3, 0.4) is 0 Å². The third-order valence-electron chi connectivity index (χ3n) is 4.41. The molecule has 20 heavy (non-hydrogen) atoms. The molecular formula is C14H26IN3O2. The molecule has 5 nitrogen and oxygen atoms in total. The average Bonchev–Trinajstić information content (AvgIpc) is 2.50. The summed E-state index contributed by atoms with van der Waals surface area (Å²) < 4.78 is 16.9. The highest BCUT2D eigenvalue weighted by molar-refractivity contribution is 14.1. The van der Waals surface area contributed by atoms with Crippen molar-refractivity contribution < 1.29 is 7.81 Å². The summed E-state index contributed by atoms with van der Waals surface area (Å²) in [4.78, 5) is 0. The summed E-state index contributed by atoms with van der Waals surface area (Å²) in [5, 5.41) is 1.63. The Kier molecular flexibility index (Phi) is 6.70. The van der Waals surface area contributed by atoms with Crippen LogP contribution in [0, 0.1) is 11.8 Å². The maximum Gasteiger partial charge on any atom is 0.171 e. The summed E-state index contributed by atoms with van der Waals surface area (Å²) in [6, 6.07) is 0. The normalized spacial score (nSPS) is 24.6.